The Balaban J connectivity index is 2.06. The van der Waals surface area contributed by atoms with Gasteiger partial charge in [0, 0.05) is 18.3 Å². The Morgan fingerprint density at radius 2 is 2.21 bits per heavy atom. The first-order chi connectivity index (χ1) is 6.52. The highest BCUT2D eigenvalue weighted by atomic mass is 32.2. The average molecular weight is 215 g/mol. The monoisotopic (exact) mass is 215 g/mol. The second kappa shape index (κ2) is 3.69. The van der Waals surface area contributed by atoms with Crippen LogP contribution in [0.3, 0.4) is 0 Å². The number of thioether (sulfide) groups is 1. The number of hydrogen-bond donors (Lipinski definition) is 1. The van der Waals surface area contributed by atoms with Crippen molar-refractivity contribution in [3.8, 4) is 0 Å². The largest absolute Gasteiger partial charge is 0.375 e. The molecule has 2 atom stereocenters. The van der Waals surface area contributed by atoms with Crippen molar-refractivity contribution in [1.82, 2.24) is 5.32 Å². The summed E-state index contributed by atoms with van der Waals surface area (Å²) in [6, 6.07) is 0. The van der Waals surface area contributed by atoms with E-state index in [1.54, 1.807) is 0 Å². The van der Waals surface area contributed by atoms with Gasteiger partial charge < -0.3 is 10.1 Å². The average Bonchev–Trinajstić information content (AvgIpc) is 2.00. The van der Waals surface area contributed by atoms with E-state index in [1.165, 1.54) is 13.0 Å². The van der Waals surface area contributed by atoms with Gasteiger partial charge in [0.1, 0.15) is 0 Å². The van der Waals surface area contributed by atoms with Crippen molar-refractivity contribution < 1.29 is 4.74 Å². The molecule has 0 bridgehead atoms. The van der Waals surface area contributed by atoms with Crippen LogP contribution in [0.2, 0.25) is 0 Å². The molecule has 82 valence electrons. The first-order valence-electron chi connectivity index (χ1n) is 5.58. The van der Waals surface area contributed by atoms with Crippen LogP contribution in [0.4, 0.5) is 0 Å². The number of hydrogen-bond acceptors (Lipinski definition) is 3. The summed E-state index contributed by atoms with van der Waals surface area (Å²) in [5, 5.41) is 4.50. The van der Waals surface area contributed by atoms with Crippen LogP contribution in [0.15, 0.2) is 0 Å². The fraction of sp³-hybridized carbons (Fsp3) is 1.00. The number of rotatable bonds is 0. The maximum atomic E-state index is 5.77. The lowest BCUT2D eigenvalue weighted by atomic mass is 9.93. The molecule has 0 amide bonds. The summed E-state index contributed by atoms with van der Waals surface area (Å²) in [4.78, 5) is 0.305. The predicted molar refractivity (Wildman–Crippen MR) is 61.7 cm³/mol. The predicted octanol–water partition coefficient (Wildman–Crippen LogP) is 2.39. The fourth-order valence-corrected chi connectivity index (χ4v) is 4.38. The van der Waals surface area contributed by atoms with Crippen LogP contribution in [-0.2, 0) is 4.74 Å². The van der Waals surface area contributed by atoms with Crippen molar-refractivity contribution in [2.75, 3.05) is 13.2 Å². The second-order valence-electron chi connectivity index (χ2n) is 5.17. The lowest BCUT2D eigenvalue weighted by Gasteiger charge is -2.48. The number of ether oxygens (including phenoxy) is 1. The van der Waals surface area contributed by atoms with Crippen molar-refractivity contribution in [3.63, 3.8) is 0 Å². The molecule has 2 nitrogen and oxygen atoms in total. The van der Waals surface area contributed by atoms with Crippen molar-refractivity contribution in [2.24, 2.45) is 0 Å². The van der Waals surface area contributed by atoms with Gasteiger partial charge in [0.25, 0.3) is 0 Å². The van der Waals surface area contributed by atoms with E-state index < -0.39 is 0 Å². The molecular weight excluding hydrogens is 194 g/mol. The Morgan fingerprint density at radius 3 is 2.86 bits per heavy atom. The van der Waals surface area contributed by atoms with E-state index in [4.69, 9.17) is 4.74 Å². The molecule has 2 rings (SSSR count). The summed E-state index contributed by atoms with van der Waals surface area (Å²) in [6.07, 6.45) is 3.59. The molecule has 2 fully saturated rings. The van der Waals surface area contributed by atoms with Crippen LogP contribution in [0.1, 0.15) is 40.0 Å². The summed E-state index contributed by atoms with van der Waals surface area (Å²) >= 11 is 2.12. The van der Waals surface area contributed by atoms with Gasteiger partial charge in [-0.1, -0.05) is 6.92 Å². The lowest BCUT2D eigenvalue weighted by molar-refractivity contribution is -0.0698. The van der Waals surface area contributed by atoms with E-state index >= 15 is 0 Å². The molecule has 14 heavy (non-hydrogen) atoms. The van der Waals surface area contributed by atoms with Gasteiger partial charge in [0.2, 0.25) is 0 Å². The van der Waals surface area contributed by atoms with Crippen LogP contribution in [0, 0.1) is 0 Å². The van der Waals surface area contributed by atoms with Gasteiger partial charge in [-0.25, -0.2) is 0 Å². The molecule has 0 saturated carbocycles. The van der Waals surface area contributed by atoms with Gasteiger partial charge in [0.05, 0.1) is 10.5 Å². The fourth-order valence-electron chi connectivity index (χ4n) is 2.56. The first-order valence-corrected chi connectivity index (χ1v) is 6.46. The minimum absolute atomic E-state index is 0.0509. The Hall–Kier alpha value is 0.270. The topological polar surface area (TPSA) is 21.3 Å². The molecule has 2 aliphatic heterocycles. The standard InChI is InChI=1S/C11H21NOS/c1-9-4-6-12-11(14-9)5-7-13-10(2,3)8-11/h9,12H,4-8H2,1-3H3. The minimum Gasteiger partial charge on any atom is -0.375 e. The van der Waals surface area contributed by atoms with E-state index in [0.717, 1.165) is 24.7 Å². The minimum atomic E-state index is 0.0509. The molecular formula is C11H21NOS. The van der Waals surface area contributed by atoms with Crippen molar-refractivity contribution in [2.45, 2.75) is 55.8 Å². The zero-order chi connectivity index (χ0) is 10.2. The Labute approximate surface area is 91.2 Å². The van der Waals surface area contributed by atoms with Gasteiger partial charge in [-0.2, -0.15) is 0 Å². The molecule has 0 aliphatic carbocycles. The van der Waals surface area contributed by atoms with Crippen LogP contribution < -0.4 is 5.32 Å². The summed E-state index contributed by atoms with van der Waals surface area (Å²) in [7, 11) is 0. The molecule has 2 heterocycles. The van der Waals surface area contributed by atoms with E-state index in [-0.39, 0.29) is 5.60 Å². The number of nitrogens with one attached hydrogen (secondary N) is 1. The Morgan fingerprint density at radius 1 is 1.43 bits per heavy atom. The molecule has 2 aliphatic rings. The summed E-state index contributed by atoms with van der Waals surface area (Å²) in [6.45, 7) is 8.82. The smallest absolute Gasteiger partial charge is 0.0697 e. The van der Waals surface area contributed by atoms with E-state index in [0.29, 0.717) is 4.87 Å². The second-order valence-corrected chi connectivity index (χ2v) is 7.00. The zero-order valence-corrected chi connectivity index (χ0v) is 10.2. The highest BCUT2D eigenvalue weighted by Gasteiger charge is 2.43. The molecule has 3 heteroatoms. The highest BCUT2D eigenvalue weighted by molar-refractivity contribution is 8.01. The third kappa shape index (κ3) is 2.26. The van der Waals surface area contributed by atoms with Crippen molar-refractivity contribution >= 4 is 11.8 Å². The van der Waals surface area contributed by atoms with Gasteiger partial charge in [-0.15, -0.1) is 11.8 Å². The van der Waals surface area contributed by atoms with Crippen LogP contribution >= 0.6 is 11.8 Å². The molecule has 1 spiro atoms. The highest BCUT2D eigenvalue weighted by Crippen LogP contribution is 2.44. The summed E-state index contributed by atoms with van der Waals surface area (Å²) < 4.78 is 5.77. The van der Waals surface area contributed by atoms with Crippen molar-refractivity contribution in [3.05, 3.63) is 0 Å². The van der Waals surface area contributed by atoms with Gasteiger partial charge in [-0.05, 0) is 33.2 Å². The van der Waals surface area contributed by atoms with E-state index in [1.807, 2.05) is 0 Å². The normalized spacial score (nSPS) is 42.6. The maximum Gasteiger partial charge on any atom is 0.0697 e. The molecule has 0 aromatic heterocycles. The molecule has 0 radical (unpaired) electrons. The van der Waals surface area contributed by atoms with E-state index in [9.17, 15) is 0 Å². The third-order valence-electron chi connectivity index (χ3n) is 3.13. The van der Waals surface area contributed by atoms with Gasteiger partial charge in [0.15, 0.2) is 0 Å². The molecule has 0 aromatic rings. The molecule has 0 aromatic carbocycles. The lowest BCUT2D eigenvalue weighted by Crippen LogP contribution is -2.55. The summed E-state index contributed by atoms with van der Waals surface area (Å²) in [5.74, 6) is 0. The quantitative estimate of drug-likeness (QED) is 0.670. The van der Waals surface area contributed by atoms with Gasteiger partial charge >= 0.3 is 0 Å². The Kier molecular flexibility index (Phi) is 2.84. The first kappa shape index (κ1) is 10.8. The molecule has 2 saturated heterocycles. The molecule has 1 N–H and O–H groups in total. The van der Waals surface area contributed by atoms with Crippen LogP contribution in [-0.4, -0.2) is 28.9 Å². The maximum absolute atomic E-state index is 5.77. The summed E-state index contributed by atoms with van der Waals surface area (Å²) in [5.41, 5.74) is 0.0509. The van der Waals surface area contributed by atoms with E-state index in [2.05, 4.69) is 37.8 Å². The van der Waals surface area contributed by atoms with Crippen molar-refractivity contribution in [1.29, 1.82) is 0 Å². The SMILES string of the molecule is CC1CCNC2(CCOC(C)(C)C2)S1. The zero-order valence-electron chi connectivity index (χ0n) is 9.43. The third-order valence-corrected chi connectivity index (χ3v) is 4.72. The van der Waals surface area contributed by atoms with Crippen LogP contribution in [0.25, 0.3) is 0 Å². The molecule has 2 unspecified atom stereocenters. The Bertz CT molecular complexity index is 215. The van der Waals surface area contributed by atoms with Crippen LogP contribution in [0.5, 0.6) is 0 Å². The van der Waals surface area contributed by atoms with Gasteiger partial charge in [-0.3, -0.25) is 0 Å².